The smallest absolute Gasteiger partial charge is 0.265 e. The predicted octanol–water partition coefficient (Wildman–Crippen LogP) is 4.05. The third kappa shape index (κ3) is 5.43. The van der Waals surface area contributed by atoms with Crippen LogP contribution in [0, 0.1) is 11.6 Å². The number of nitrogens with zero attached hydrogens (tertiary/aromatic N) is 1. The van der Waals surface area contributed by atoms with Crippen LogP contribution < -0.4 is 10.1 Å². The van der Waals surface area contributed by atoms with E-state index in [-0.39, 0.29) is 21.4 Å². The maximum Gasteiger partial charge on any atom is 0.265 e. The van der Waals surface area contributed by atoms with E-state index in [1.54, 1.807) is 13.8 Å². The highest BCUT2D eigenvalue weighted by Crippen LogP contribution is 2.27. The van der Waals surface area contributed by atoms with Gasteiger partial charge in [0.15, 0.2) is 17.7 Å². The quantitative estimate of drug-likeness (QED) is 0.663. The van der Waals surface area contributed by atoms with Crippen molar-refractivity contribution in [2.24, 2.45) is 0 Å². The Morgan fingerprint density at radius 1 is 1.14 bits per heavy atom. The molecule has 0 aliphatic carbocycles. The van der Waals surface area contributed by atoms with Gasteiger partial charge >= 0.3 is 0 Å². The Labute approximate surface area is 173 Å². The number of benzene rings is 2. The summed E-state index contributed by atoms with van der Waals surface area (Å²) in [7, 11) is -3.74. The summed E-state index contributed by atoms with van der Waals surface area (Å²) in [5, 5.41) is 2.63. The van der Waals surface area contributed by atoms with Crippen molar-refractivity contribution in [2.75, 3.05) is 18.4 Å². The first-order valence-corrected chi connectivity index (χ1v) is 10.6. The van der Waals surface area contributed by atoms with Crippen LogP contribution in [-0.2, 0) is 14.8 Å². The molecule has 29 heavy (non-hydrogen) atoms. The molecule has 2 aromatic carbocycles. The molecule has 0 saturated heterocycles. The second-order valence-corrected chi connectivity index (χ2v) is 8.40. The van der Waals surface area contributed by atoms with Gasteiger partial charge in [-0.3, -0.25) is 4.79 Å². The monoisotopic (exact) mass is 446 g/mol. The van der Waals surface area contributed by atoms with Crippen molar-refractivity contribution in [3.8, 4) is 5.75 Å². The lowest BCUT2D eigenvalue weighted by atomic mass is 10.3. The Kier molecular flexibility index (Phi) is 7.56. The first-order valence-electron chi connectivity index (χ1n) is 8.82. The van der Waals surface area contributed by atoms with Gasteiger partial charge in [-0.15, -0.1) is 0 Å². The van der Waals surface area contributed by atoms with Crippen LogP contribution in [0.4, 0.5) is 14.5 Å². The van der Waals surface area contributed by atoms with Gasteiger partial charge in [0.25, 0.3) is 5.91 Å². The zero-order valence-corrected chi connectivity index (χ0v) is 17.7. The van der Waals surface area contributed by atoms with Crippen LogP contribution in [-0.4, -0.2) is 37.8 Å². The Morgan fingerprint density at radius 2 is 1.79 bits per heavy atom. The molecule has 1 atom stereocenters. The molecule has 0 radical (unpaired) electrons. The van der Waals surface area contributed by atoms with Gasteiger partial charge in [0.05, 0.1) is 15.6 Å². The molecule has 1 unspecified atom stereocenters. The summed E-state index contributed by atoms with van der Waals surface area (Å²) in [6.45, 7) is 5.43. The average Bonchev–Trinajstić information content (AvgIpc) is 2.67. The summed E-state index contributed by atoms with van der Waals surface area (Å²) in [6.07, 6.45) is -1.08. The maximum absolute atomic E-state index is 13.3. The molecule has 1 N–H and O–H groups in total. The fourth-order valence-electron chi connectivity index (χ4n) is 2.52. The third-order valence-electron chi connectivity index (χ3n) is 4.11. The molecule has 0 heterocycles. The van der Waals surface area contributed by atoms with Gasteiger partial charge in [-0.25, -0.2) is 17.2 Å². The van der Waals surface area contributed by atoms with Gasteiger partial charge in [0.1, 0.15) is 5.75 Å². The molecule has 1 amide bonds. The average molecular weight is 447 g/mol. The molecule has 2 aromatic rings. The minimum atomic E-state index is -3.74. The Morgan fingerprint density at radius 3 is 2.38 bits per heavy atom. The van der Waals surface area contributed by atoms with E-state index in [9.17, 15) is 22.0 Å². The van der Waals surface area contributed by atoms with Crippen LogP contribution in [0.5, 0.6) is 5.75 Å². The fraction of sp³-hybridized carbons (Fsp3) is 0.316. The van der Waals surface area contributed by atoms with Crippen molar-refractivity contribution in [1.29, 1.82) is 0 Å². The largest absolute Gasteiger partial charge is 0.481 e. The minimum absolute atomic E-state index is 0.0184. The Bertz CT molecular complexity index is 998. The topological polar surface area (TPSA) is 75.7 Å². The Hall–Kier alpha value is -2.23. The van der Waals surface area contributed by atoms with Crippen molar-refractivity contribution < 1.29 is 26.7 Å². The molecule has 6 nitrogen and oxygen atoms in total. The van der Waals surface area contributed by atoms with Gasteiger partial charge in [-0.05, 0) is 37.3 Å². The lowest BCUT2D eigenvalue weighted by Crippen LogP contribution is -2.31. The van der Waals surface area contributed by atoms with E-state index in [1.165, 1.54) is 35.5 Å². The molecule has 2 rings (SSSR count). The number of hydrogen-bond donors (Lipinski definition) is 1. The van der Waals surface area contributed by atoms with Crippen molar-refractivity contribution in [1.82, 2.24) is 4.31 Å². The zero-order valence-electron chi connectivity index (χ0n) is 16.1. The van der Waals surface area contributed by atoms with E-state index >= 15 is 0 Å². The first kappa shape index (κ1) is 23.1. The van der Waals surface area contributed by atoms with Crippen LogP contribution in [0.1, 0.15) is 20.8 Å². The normalized spacial score (nSPS) is 12.7. The van der Waals surface area contributed by atoms with E-state index < -0.39 is 33.7 Å². The van der Waals surface area contributed by atoms with Gasteiger partial charge in [-0.2, -0.15) is 4.31 Å². The van der Waals surface area contributed by atoms with Crippen LogP contribution in [0.3, 0.4) is 0 Å². The van der Waals surface area contributed by atoms with Crippen LogP contribution >= 0.6 is 11.6 Å². The van der Waals surface area contributed by atoms with Gasteiger partial charge in [0.2, 0.25) is 10.0 Å². The molecule has 0 saturated carbocycles. The van der Waals surface area contributed by atoms with Crippen molar-refractivity contribution in [3.63, 3.8) is 0 Å². The number of nitrogens with one attached hydrogen (secondary N) is 1. The van der Waals surface area contributed by atoms with Crippen molar-refractivity contribution >= 4 is 33.2 Å². The summed E-state index contributed by atoms with van der Waals surface area (Å²) < 4.78 is 58.2. The molecular weight excluding hydrogens is 426 g/mol. The number of halogens is 3. The van der Waals surface area contributed by atoms with E-state index in [4.69, 9.17) is 16.3 Å². The van der Waals surface area contributed by atoms with E-state index in [0.717, 1.165) is 12.1 Å². The number of rotatable bonds is 8. The number of ether oxygens (including phenoxy) is 1. The Balaban J connectivity index is 2.20. The molecule has 0 aromatic heterocycles. The van der Waals surface area contributed by atoms with Crippen LogP contribution in [0.15, 0.2) is 41.3 Å². The summed E-state index contributed by atoms with van der Waals surface area (Å²) in [5.74, 6) is -2.82. The second-order valence-electron chi connectivity index (χ2n) is 6.06. The number of hydrogen-bond acceptors (Lipinski definition) is 4. The van der Waals surface area contributed by atoms with Crippen LogP contribution in [0.25, 0.3) is 0 Å². The highest BCUT2D eigenvalue weighted by Gasteiger charge is 2.24. The van der Waals surface area contributed by atoms with Gasteiger partial charge in [0, 0.05) is 19.2 Å². The fourth-order valence-corrected chi connectivity index (χ4v) is 4.16. The van der Waals surface area contributed by atoms with E-state index in [1.807, 2.05) is 0 Å². The number of carbonyl (C=O) groups is 1. The molecule has 0 bridgehead atoms. The number of carbonyl (C=O) groups excluding carboxylic acids is 1. The number of amides is 1. The molecule has 10 heteroatoms. The minimum Gasteiger partial charge on any atom is -0.481 e. The lowest BCUT2D eigenvalue weighted by molar-refractivity contribution is -0.122. The van der Waals surface area contributed by atoms with Crippen molar-refractivity contribution in [3.05, 3.63) is 53.1 Å². The number of sulfonamides is 1. The highest BCUT2D eigenvalue weighted by molar-refractivity contribution is 7.89. The molecule has 0 aliphatic rings. The molecule has 0 aliphatic heterocycles. The summed E-state index contributed by atoms with van der Waals surface area (Å²) in [6, 6.07) is 6.88. The molecule has 0 spiro atoms. The second kappa shape index (κ2) is 9.51. The lowest BCUT2D eigenvalue weighted by Gasteiger charge is -2.20. The molecule has 0 fully saturated rings. The first-order chi connectivity index (χ1) is 13.6. The predicted molar refractivity (Wildman–Crippen MR) is 107 cm³/mol. The van der Waals surface area contributed by atoms with E-state index in [2.05, 4.69) is 5.32 Å². The van der Waals surface area contributed by atoms with Crippen molar-refractivity contribution in [2.45, 2.75) is 31.8 Å². The molecular formula is C19H21ClF2N2O4S. The SMILES string of the molecule is CCN(CC)S(=O)(=O)c1ccc(Cl)c(NC(=O)C(C)Oc2ccc(F)c(F)c2)c1. The van der Waals surface area contributed by atoms with Gasteiger partial charge in [-0.1, -0.05) is 25.4 Å². The zero-order chi connectivity index (χ0) is 21.8. The summed E-state index contributed by atoms with van der Waals surface area (Å²) >= 11 is 6.09. The summed E-state index contributed by atoms with van der Waals surface area (Å²) in [5.41, 5.74) is 0.0886. The highest BCUT2D eigenvalue weighted by atomic mass is 35.5. The van der Waals surface area contributed by atoms with Gasteiger partial charge < -0.3 is 10.1 Å². The standard InChI is InChI=1S/C19H21ClF2N2O4S/c1-4-24(5-2)29(26,27)14-7-8-15(20)18(11-14)23-19(25)12(3)28-13-6-9-16(21)17(22)10-13/h6-12H,4-5H2,1-3H3,(H,23,25). The van der Waals surface area contributed by atoms with Crippen LogP contribution in [0.2, 0.25) is 5.02 Å². The van der Waals surface area contributed by atoms with E-state index in [0.29, 0.717) is 13.1 Å². The number of anilines is 1. The maximum atomic E-state index is 13.3. The molecule has 158 valence electrons. The third-order valence-corrected chi connectivity index (χ3v) is 6.49. The summed E-state index contributed by atoms with van der Waals surface area (Å²) in [4.78, 5) is 12.4.